The molecule has 3 heteroatoms. The van der Waals surface area contributed by atoms with Crippen LogP contribution in [0.3, 0.4) is 0 Å². The Morgan fingerprint density at radius 1 is 0.333 bits per heavy atom. The van der Waals surface area contributed by atoms with E-state index in [0.717, 1.165) is 55.6 Å². The topological polar surface area (TPSA) is 21.3 Å². The number of nitrogens with zero attached hydrogens (tertiary/aromatic N) is 2. The van der Waals surface area contributed by atoms with Crippen molar-refractivity contribution in [3.05, 3.63) is 206 Å². The Labute approximate surface area is 328 Å². The minimum Gasteiger partial charge on any atom is -0.453 e. The van der Waals surface area contributed by atoms with Crippen molar-refractivity contribution >= 4 is 93.1 Å². The molecular weight excluding hydrogens is 693 g/mol. The molecular formula is C54H34N2O. The van der Waals surface area contributed by atoms with Crippen molar-refractivity contribution in [1.82, 2.24) is 4.57 Å². The lowest BCUT2D eigenvalue weighted by atomic mass is 10.00. The lowest BCUT2D eigenvalue weighted by Gasteiger charge is -2.26. The van der Waals surface area contributed by atoms with E-state index in [2.05, 4.69) is 216 Å². The number of anilines is 3. The number of furan rings is 1. The van der Waals surface area contributed by atoms with Gasteiger partial charge in [-0.2, -0.15) is 0 Å². The molecule has 2 heterocycles. The van der Waals surface area contributed by atoms with Gasteiger partial charge in [0.1, 0.15) is 5.58 Å². The Hall–Kier alpha value is -7.62. The van der Waals surface area contributed by atoms with Crippen LogP contribution in [0.4, 0.5) is 17.1 Å². The van der Waals surface area contributed by atoms with Crippen molar-refractivity contribution in [3.63, 3.8) is 0 Å². The van der Waals surface area contributed by atoms with Crippen LogP contribution in [0.25, 0.3) is 92.9 Å². The van der Waals surface area contributed by atoms with Crippen LogP contribution in [0.5, 0.6) is 0 Å². The van der Waals surface area contributed by atoms with Crippen LogP contribution in [0.1, 0.15) is 0 Å². The van der Waals surface area contributed by atoms with Crippen LogP contribution in [0.2, 0.25) is 0 Å². The van der Waals surface area contributed by atoms with Crippen molar-refractivity contribution in [2.45, 2.75) is 0 Å². The minimum absolute atomic E-state index is 0.867. The van der Waals surface area contributed by atoms with E-state index < -0.39 is 0 Å². The lowest BCUT2D eigenvalue weighted by molar-refractivity contribution is 0.673. The first kappa shape index (κ1) is 31.7. The van der Waals surface area contributed by atoms with Gasteiger partial charge in [0, 0.05) is 44.0 Å². The number of benzene rings is 10. The molecule has 0 amide bonds. The van der Waals surface area contributed by atoms with E-state index in [9.17, 15) is 0 Å². The van der Waals surface area contributed by atoms with Gasteiger partial charge in [-0.25, -0.2) is 0 Å². The third kappa shape index (κ3) is 4.92. The number of fused-ring (bicyclic) bond motifs is 11. The van der Waals surface area contributed by atoms with Gasteiger partial charge in [0.25, 0.3) is 0 Å². The normalized spacial score (nSPS) is 11.9. The Bertz CT molecular complexity index is 3520. The zero-order valence-electron chi connectivity index (χ0n) is 30.9. The molecule has 0 bridgehead atoms. The first-order chi connectivity index (χ1) is 28.3. The summed E-state index contributed by atoms with van der Waals surface area (Å²) in [4.78, 5) is 2.36. The van der Waals surface area contributed by atoms with Gasteiger partial charge in [-0.1, -0.05) is 140 Å². The zero-order valence-corrected chi connectivity index (χ0v) is 30.9. The molecule has 12 rings (SSSR count). The fourth-order valence-electron chi connectivity index (χ4n) is 9.05. The molecule has 266 valence electrons. The van der Waals surface area contributed by atoms with Crippen LogP contribution in [0.15, 0.2) is 211 Å². The largest absolute Gasteiger partial charge is 0.453 e. The summed E-state index contributed by atoms with van der Waals surface area (Å²) in [6, 6.07) is 74.5. The van der Waals surface area contributed by atoms with Crippen molar-refractivity contribution in [1.29, 1.82) is 0 Å². The number of rotatable bonds is 5. The zero-order chi connectivity index (χ0) is 37.5. The summed E-state index contributed by atoms with van der Waals surface area (Å²) in [5, 5.41) is 11.9. The van der Waals surface area contributed by atoms with Gasteiger partial charge in [-0.05, 0) is 105 Å². The van der Waals surface area contributed by atoms with Crippen molar-refractivity contribution in [3.8, 4) is 16.8 Å². The van der Waals surface area contributed by atoms with Gasteiger partial charge in [0.2, 0.25) is 0 Å². The smallest absolute Gasteiger partial charge is 0.159 e. The third-order valence-corrected chi connectivity index (χ3v) is 11.7. The fourth-order valence-corrected chi connectivity index (χ4v) is 9.05. The van der Waals surface area contributed by atoms with E-state index in [4.69, 9.17) is 4.42 Å². The monoisotopic (exact) mass is 726 g/mol. The summed E-state index contributed by atoms with van der Waals surface area (Å²) in [5.41, 5.74) is 10.8. The molecule has 57 heavy (non-hydrogen) atoms. The van der Waals surface area contributed by atoms with E-state index >= 15 is 0 Å². The molecule has 0 aliphatic heterocycles. The van der Waals surface area contributed by atoms with E-state index in [0.29, 0.717) is 0 Å². The van der Waals surface area contributed by atoms with Crippen molar-refractivity contribution in [2.75, 3.05) is 4.90 Å². The molecule has 0 saturated carbocycles. The number of para-hydroxylation sites is 3. The van der Waals surface area contributed by atoms with Crippen LogP contribution >= 0.6 is 0 Å². The summed E-state index contributed by atoms with van der Waals surface area (Å²) >= 11 is 0. The van der Waals surface area contributed by atoms with E-state index in [-0.39, 0.29) is 0 Å². The van der Waals surface area contributed by atoms with Crippen LogP contribution in [0, 0.1) is 0 Å². The van der Waals surface area contributed by atoms with Crippen molar-refractivity contribution in [2.24, 2.45) is 0 Å². The first-order valence-corrected chi connectivity index (χ1v) is 19.5. The summed E-state index contributed by atoms with van der Waals surface area (Å²) < 4.78 is 9.30. The van der Waals surface area contributed by atoms with Gasteiger partial charge >= 0.3 is 0 Å². The van der Waals surface area contributed by atoms with Gasteiger partial charge in [-0.3, -0.25) is 0 Å². The van der Waals surface area contributed by atoms with E-state index in [1.165, 1.54) is 54.3 Å². The average Bonchev–Trinajstić information content (AvgIpc) is 3.83. The predicted molar refractivity (Wildman–Crippen MR) is 241 cm³/mol. The SMILES string of the molecule is c1ccc(-n2c3ccccc3c3cc(-c4ccc(N(c5ccc6ccc7ccccc7c6c5)c5cccc6c5oc5c7ccccc7ccc65)cc4)ccc32)cc1. The second kappa shape index (κ2) is 12.5. The molecule has 0 aliphatic rings. The molecule has 0 unspecified atom stereocenters. The Balaban J connectivity index is 1.04. The molecule has 0 N–H and O–H groups in total. The highest BCUT2D eigenvalue weighted by Crippen LogP contribution is 2.45. The highest BCUT2D eigenvalue weighted by Gasteiger charge is 2.21. The minimum atomic E-state index is 0.867. The number of hydrogen-bond acceptors (Lipinski definition) is 2. The Morgan fingerprint density at radius 2 is 0.930 bits per heavy atom. The van der Waals surface area contributed by atoms with Crippen LogP contribution in [-0.2, 0) is 0 Å². The van der Waals surface area contributed by atoms with Gasteiger partial charge in [0.05, 0.1) is 16.7 Å². The molecule has 0 radical (unpaired) electrons. The van der Waals surface area contributed by atoms with Crippen LogP contribution < -0.4 is 4.90 Å². The fraction of sp³-hybridized carbons (Fsp3) is 0. The van der Waals surface area contributed by atoms with E-state index in [1.807, 2.05) is 0 Å². The molecule has 10 aromatic carbocycles. The molecule has 0 spiro atoms. The summed E-state index contributed by atoms with van der Waals surface area (Å²) in [7, 11) is 0. The Morgan fingerprint density at radius 3 is 1.77 bits per heavy atom. The Kier molecular flexibility index (Phi) is 6.93. The number of hydrogen-bond donors (Lipinski definition) is 0. The maximum Gasteiger partial charge on any atom is 0.159 e. The van der Waals surface area contributed by atoms with E-state index in [1.54, 1.807) is 0 Å². The molecule has 0 saturated heterocycles. The molecule has 0 aliphatic carbocycles. The average molecular weight is 727 g/mol. The second-order valence-corrected chi connectivity index (χ2v) is 14.9. The molecule has 0 atom stereocenters. The standard InChI is InChI=1S/C54H34N2O/c1-2-13-40(14-3-1)56-50-19-9-8-17-45(50)49-33-39(27-32-51(49)56)35-23-28-41(29-24-35)55(42-30-25-38-22-21-36-11-4-6-15-43(36)48(38)34-42)52-20-10-18-46-47-31-26-37-12-5-7-16-44(37)53(47)57-54(46)52/h1-34H. The summed E-state index contributed by atoms with van der Waals surface area (Å²) in [5.74, 6) is 0. The van der Waals surface area contributed by atoms with Crippen LogP contribution in [-0.4, -0.2) is 4.57 Å². The maximum atomic E-state index is 6.94. The summed E-state index contributed by atoms with van der Waals surface area (Å²) in [6.07, 6.45) is 0. The first-order valence-electron chi connectivity index (χ1n) is 19.5. The molecule has 0 fully saturated rings. The second-order valence-electron chi connectivity index (χ2n) is 14.9. The molecule has 2 aromatic heterocycles. The highest BCUT2D eigenvalue weighted by molar-refractivity contribution is 6.18. The van der Waals surface area contributed by atoms with Gasteiger partial charge in [0.15, 0.2) is 5.58 Å². The third-order valence-electron chi connectivity index (χ3n) is 11.7. The maximum absolute atomic E-state index is 6.94. The van der Waals surface area contributed by atoms with Gasteiger partial charge in [-0.15, -0.1) is 0 Å². The number of aromatic nitrogens is 1. The molecule has 3 nitrogen and oxygen atoms in total. The quantitative estimate of drug-likeness (QED) is 0.165. The lowest BCUT2D eigenvalue weighted by Crippen LogP contribution is -2.10. The predicted octanol–water partition coefficient (Wildman–Crippen LogP) is 15.3. The highest BCUT2D eigenvalue weighted by atomic mass is 16.3. The van der Waals surface area contributed by atoms with Crippen molar-refractivity contribution < 1.29 is 4.42 Å². The summed E-state index contributed by atoms with van der Waals surface area (Å²) in [6.45, 7) is 0. The molecule has 12 aromatic rings. The van der Waals surface area contributed by atoms with Gasteiger partial charge < -0.3 is 13.9 Å².